The topological polar surface area (TPSA) is 42.2 Å². The molecular weight excluding hydrogens is 348 g/mol. The maximum Gasteiger partial charge on any atom is 0.298 e. The first-order chi connectivity index (χ1) is 13.2. The van der Waals surface area contributed by atoms with Gasteiger partial charge in [-0.25, -0.2) is 8.78 Å². The molecule has 5 rings (SSSR count). The van der Waals surface area contributed by atoms with E-state index >= 15 is 0 Å². The summed E-state index contributed by atoms with van der Waals surface area (Å²) >= 11 is 0. The molecule has 0 unspecified atom stereocenters. The van der Waals surface area contributed by atoms with Crippen LogP contribution in [-0.4, -0.2) is 16.5 Å². The molecule has 0 atom stereocenters. The van der Waals surface area contributed by atoms with Gasteiger partial charge in [-0.1, -0.05) is 12.1 Å². The number of fused-ring (bicyclic) bond motifs is 2. The molecule has 136 valence electrons. The van der Waals surface area contributed by atoms with Crippen LogP contribution >= 0.6 is 0 Å². The number of nitrogens with zero attached hydrogens (tertiary/aromatic N) is 3. The van der Waals surface area contributed by atoms with Crippen molar-refractivity contribution in [2.75, 3.05) is 11.4 Å². The summed E-state index contributed by atoms with van der Waals surface area (Å²) in [4.78, 5) is 10.7. The van der Waals surface area contributed by atoms with Crippen molar-refractivity contribution in [3.8, 4) is 0 Å². The minimum absolute atomic E-state index is 0.0523. The molecule has 0 radical (unpaired) electrons. The molecule has 27 heavy (non-hydrogen) atoms. The number of oxazole rings is 1. The van der Waals surface area contributed by atoms with E-state index in [1.54, 1.807) is 6.07 Å². The van der Waals surface area contributed by atoms with Gasteiger partial charge in [-0.15, -0.1) is 0 Å². The van der Waals surface area contributed by atoms with Gasteiger partial charge in [0.15, 0.2) is 17.2 Å². The van der Waals surface area contributed by atoms with E-state index in [0.717, 1.165) is 29.3 Å². The largest absolute Gasteiger partial charge is 0.423 e. The van der Waals surface area contributed by atoms with Crippen LogP contribution in [0.1, 0.15) is 18.4 Å². The SMILES string of the molecule is Fc1ccc2c(CN(CC3CC3)c3nc4ccccc4o3)ccnc2c1F. The average Bonchev–Trinajstić information content (AvgIpc) is 3.39. The lowest BCUT2D eigenvalue weighted by molar-refractivity contribution is 0.515. The van der Waals surface area contributed by atoms with E-state index < -0.39 is 11.6 Å². The van der Waals surface area contributed by atoms with Gasteiger partial charge in [0.25, 0.3) is 6.01 Å². The summed E-state index contributed by atoms with van der Waals surface area (Å²) in [5, 5.41) is 0.605. The summed E-state index contributed by atoms with van der Waals surface area (Å²) < 4.78 is 33.6. The Hall–Kier alpha value is -3.02. The molecule has 0 saturated heterocycles. The van der Waals surface area contributed by atoms with Crippen molar-refractivity contribution in [2.45, 2.75) is 19.4 Å². The molecule has 0 aliphatic heterocycles. The first-order valence-electron chi connectivity index (χ1n) is 9.01. The highest BCUT2D eigenvalue weighted by Gasteiger charge is 2.27. The lowest BCUT2D eigenvalue weighted by Crippen LogP contribution is -2.25. The fourth-order valence-electron chi connectivity index (χ4n) is 3.38. The highest BCUT2D eigenvalue weighted by Crippen LogP contribution is 2.33. The first kappa shape index (κ1) is 16.2. The summed E-state index contributed by atoms with van der Waals surface area (Å²) in [5.74, 6) is -1.19. The van der Waals surface area contributed by atoms with Crippen molar-refractivity contribution >= 4 is 28.0 Å². The predicted octanol–water partition coefficient (Wildman–Crippen LogP) is 5.07. The quantitative estimate of drug-likeness (QED) is 0.495. The molecule has 1 fully saturated rings. The minimum Gasteiger partial charge on any atom is -0.423 e. The number of aromatic nitrogens is 2. The number of hydrogen-bond donors (Lipinski definition) is 0. The van der Waals surface area contributed by atoms with Gasteiger partial charge in [0.1, 0.15) is 11.0 Å². The summed E-state index contributed by atoms with van der Waals surface area (Å²) in [6.07, 6.45) is 3.89. The molecule has 4 aromatic rings. The zero-order valence-electron chi connectivity index (χ0n) is 14.5. The number of rotatable bonds is 5. The summed E-state index contributed by atoms with van der Waals surface area (Å²) in [6, 6.07) is 12.8. The van der Waals surface area contributed by atoms with Crippen molar-refractivity contribution in [2.24, 2.45) is 5.92 Å². The van der Waals surface area contributed by atoms with E-state index in [0.29, 0.717) is 23.9 Å². The van der Waals surface area contributed by atoms with Gasteiger partial charge in [-0.05, 0) is 54.7 Å². The lowest BCUT2D eigenvalue weighted by atomic mass is 10.1. The van der Waals surface area contributed by atoms with Crippen LogP contribution in [0.25, 0.3) is 22.0 Å². The summed E-state index contributed by atoms with van der Waals surface area (Å²) in [6.45, 7) is 1.31. The number of benzene rings is 2. The standard InChI is InChI=1S/C21H17F2N3O/c22-16-8-7-15-14(9-10-24-20(15)19(16)23)12-26(11-13-5-6-13)21-25-17-3-1-2-4-18(17)27-21/h1-4,7-10,13H,5-6,11-12H2. The van der Waals surface area contributed by atoms with Gasteiger partial charge in [-0.2, -0.15) is 4.98 Å². The smallest absolute Gasteiger partial charge is 0.298 e. The third-order valence-corrected chi connectivity index (χ3v) is 4.98. The molecule has 1 aliphatic rings. The number of pyridine rings is 1. The Balaban J connectivity index is 1.55. The Bertz CT molecular complexity index is 1100. The van der Waals surface area contributed by atoms with Crippen molar-refractivity contribution in [1.29, 1.82) is 0 Å². The number of hydrogen-bond acceptors (Lipinski definition) is 4. The number of para-hydroxylation sites is 2. The molecule has 2 aromatic heterocycles. The molecule has 2 heterocycles. The van der Waals surface area contributed by atoms with Crippen LogP contribution < -0.4 is 4.90 Å². The van der Waals surface area contributed by atoms with Gasteiger partial charge >= 0.3 is 0 Å². The van der Waals surface area contributed by atoms with Crippen LogP contribution in [0.15, 0.2) is 53.1 Å². The summed E-state index contributed by atoms with van der Waals surface area (Å²) in [5.41, 5.74) is 2.46. The Kier molecular flexibility index (Phi) is 3.77. The van der Waals surface area contributed by atoms with Crippen molar-refractivity contribution in [3.63, 3.8) is 0 Å². The van der Waals surface area contributed by atoms with Crippen LogP contribution in [0.2, 0.25) is 0 Å². The van der Waals surface area contributed by atoms with Crippen LogP contribution in [0, 0.1) is 17.6 Å². The van der Waals surface area contributed by atoms with Crippen LogP contribution in [0.3, 0.4) is 0 Å². The molecule has 0 N–H and O–H groups in total. The maximum atomic E-state index is 14.1. The molecule has 0 bridgehead atoms. The number of halogens is 2. The fraction of sp³-hybridized carbons (Fsp3) is 0.238. The van der Waals surface area contributed by atoms with Crippen molar-refractivity contribution in [3.05, 3.63) is 65.9 Å². The molecule has 1 saturated carbocycles. The Morgan fingerprint density at radius 2 is 1.93 bits per heavy atom. The highest BCUT2D eigenvalue weighted by atomic mass is 19.2. The van der Waals surface area contributed by atoms with Gasteiger partial charge < -0.3 is 9.32 Å². The summed E-state index contributed by atoms with van der Waals surface area (Å²) in [7, 11) is 0. The van der Waals surface area contributed by atoms with E-state index in [2.05, 4.69) is 14.9 Å². The maximum absolute atomic E-state index is 14.1. The minimum atomic E-state index is -0.912. The van der Waals surface area contributed by atoms with Gasteiger partial charge in [-0.3, -0.25) is 4.98 Å². The van der Waals surface area contributed by atoms with E-state index in [9.17, 15) is 8.78 Å². The van der Waals surface area contributed by atoms with E-state index in [-0.39, 0.29) is 5.52 Å². The molecule has 2 aromatic carbocycles. The van der Waals surface area contributed by atoms with E-state index in [1.165, 1.54) is 19.0 Å². The molecule has 6 heteroatoms. The van der Waals surface area contributed by atoms with E-state index in [4.69, 9.17) is 4.42 Å². The fourth-order valence-corrected chi connectivity index (χ4v) is 3.38. The van der Waals surface area contributed by atoms with Gasteiger partial charge in [0.2, 0.25) is 0 Å². The molecule has 4 nitrogen and oxygen atoms in total. The highest BCUT2D eigenvalue weighted by molar-refractivity contribution is 5.83. The number of anilines is 1. The second kappa shape index (κ2) is 6.30. The molecular formula is C21H17F2N3O. The third kappa shape index (κ3) is 3.01. The van der Waals surface area contributed by atoms with Gasteiger partial charge in [0.05, 0.1) is 0 Å². The Labute approximate surface area is 154 Å². The van der Waals surface area contributed by atoms with Crippen LogP contribution in [0.4, 0.5) is 14.8 Å². The zero-order valence-corrected chi connectivity index (χ0v) is 14.5. The normalized spacial score (nSPS) is 14.1. The first-order valence-corrected chi connectivity index (χ1v) is 9.01. The van der Waals surface area contributed by atoms with Crippen LogP contribution in [-0.2, 0) is 6.54 Å². The van der Waals surface area contributed by atoms with Crippen molar-refractivity contribution in [1.82, 2.24) is 9.97 Å². The molecule has 0 spiro atoms. The second-order valence-electron chi connectivity index (χ2n) is 7.02. The monoisotopic (exact) mass is 365 g/mol. The van der Waals surface area contributed by atoms with Crippen molar-refractivity contribution < 1.29 is 13.2 Å². The Morgan fingerprint density at radius 3 is 2.74 bits per heavy atom. The predicted molar refractivity (Wildman–Crippen MR) is 99.4 cm³/mol. The van der Waals surface area contributed by atoms with Crippen LogP contribution in [0.5, 0.6) is 0 Å². The second-order valence-corrected chi connectivity index (χ2v) is 7.02. The zero-order chi connectivity index (χ0) is 18.4. The van der Waals surface area contributed by atoms with Gasteiger partial charge in [0, 0.05) is 24.7 Å². The van der Waals surface area contributed by atoms with E-state index in [1.807, 2.05) is 30.3 Å². The average molecular weight is 365 g/mol. The third-order valence-electron chi connectivity index (χ3n) is 4.98. The molecule has 1 aliphatic carbocycles. The molecule has 0 amide bonds. The lowest BCUT2D eigenvalue weighted by Gasteiger charge is -2.21. The Morgan fingerprint density at radius 1 is 1.07 bits per heavy atom.